The molecule has 0 aliphatic rings. The quantitative estimate of drug-likeness (QED) is 0.692. The van der Waals surface area contributed by atoms with Crippen LogP contribution in [0.3, 0.4) is 0 Å². The van der Waals surface area contributed by atoms with Crippen molar-refractivity contribution in [3.63, 3.8) is 0 Å². The molecule has 2 N–H and O–H groups in total. The Morgan fingerprint density at radius 1 is 1.59 bits per heavy atom. The normalized spacial score (nSPS) is 10.8. The molecule has 0 radical (unpaired) electrons. The van der Waals surface area contributed by atoms with Gasteiger partial charge in [-0.1, -0.05) is 0 Å². The number of thioether (sulfide) groups is 1. The molecule has 0 aromatic carbocycles. The number of hydrogen-bond acceptors (Lipinski definition) is 6. The standard InChI is InChI=1S/C9H17N5O2S/c1-7(2)14-8(11-12-13-14)5-17-6-9(16)10-3-4-15/h7,15H,3-6H2,1-2H3,(H,10,16). The second-order valence-electron chi connectivity index (χ2n) is 3.70. The predicted octanol–water partition coefficient (Wildman–Crippen LogP) is -0.404. The van der Waals surface area contributed by atoms with Gasteiger partial charge < -0.3 is 10.4 Å². The lowest BCUT2D eigenvalue weighted by Crippen LogP contribution is -2.28. The summed E-state index contributed by atoms with van der Waals surface area (Å²) in [6, 6.07) is 0.212. The molecule has 0 bridgehead atoms. The zero-order chi connectivity index (χ0) is 12.7. The van der Waals surface area contributed by atoms with Crippen LogP contribution < -0.4 is 5.32 Å². The van der Waals surface area contributed by atoms with Gasteiger partial charge in [0.1, 0.15) is 0 Å². The summed E-state index contributed by atoms with van der Waals surface area (Å²) in [6.07, 6.45) is 0. The van der Waals surface area contributed by atoms with Crippen LogP contribution in [0.15, 0.2) is 0 Å². The molecule has 1 aromatic heterocycles. The molecule has 0 spiro atoms. The molecule has 0 fully saturated rings. The van der Waals surface area contributed by atoms with Gasteiger partial charge in [-0.05, 0) is 24.3 Å². The van der Waals surface area contributed by atoms with Crippen molar-refractivity contribution in [1.82, 2.24) is 25.5 Å². The predicted molar refractivity (Wildman–Crippen MR) is 64.5 cm³/mol. The minimum absolute atomic E-state index is 0.0397. The first kappa shape index (κ1) is 13.9. The zero-order valence-electron chi connectivity index (χ0n) is 9.96. The Hall–Kier alpha value is -1.15. The van der Waals surface area contributed by atoms with Crippen molar-refractivity contribution in [2.75, 3.05) is 18.9 Å². The third-order valence-electron chi connectivity index (χ3n) is 1.95. The number of carbonyl (C=O) groups is 1. The van der Waals surface area contributed by atoms with E-state index in [9.17, 15) is 4.79 Å². The second-order valence-corrected chi connectivity index (χ2v) is 4.69. The van der Waals surface area contributed by atoms with Gasteiger partial charge in [0.15, 0.2) is 5.82 Å². The first-order chi connectivity index (χ1) is 8.15. The van der Waals surface area contributed by atoms with Crippen molar-refractivity contribution >= 4 is 17.7 Å². The molecule has 0 saturated heterocycles. The van der Waals surface area contributed by atoms with Gasteiger partial charge in [-0.25, -0.2) is 4.68 Å². The summed E-state index contributed by atoms with van der Waals surface area (Å²) in [5, 5.41) is 22.5. The maximum absolute atomic E-state index is 11.2. The number of aromatic nitrogens is 4. The minimum atomic E-state index is -0.0902. The molecule has 0 aliphatic carbocycles. The molecule has 0 atom stereocenters. The van der Waals surface area contributed by atoms with Crippen LogP contribution in [0.1, 0.15) is 25.7 Å². The average Bonchev–Trinajstić information content (AvgIpc) is 2.74. The highest BCUT2D eigenvalue weighted by atomic mass is 32.2. The highest BCUT2D eigenvalue weighted by molar-refractivity contribution is 7.99. The van der Waals surface area contributed by atoms with E-state index in [4.69, 9.17) is 5.11 Å². The summed E-state index contributed by atoms with van der Waals surface area (Å²) in [6.45, 7) is 4.25. The Labute approximate surface area is 104 Å². The van der Waals surface area contributed by atoms with Gasteiger partial charge >= 0.3 is 0 Å². The molecule has 0 unspecified atom stereocenters. The number of hydrogen-bond donors (Lipinski definition) is 2. The molecule has 96 valence electrons. The summed E-state index contributed by atoms with van der Waals surface area (Å²) in [4.78, 5) is 11.2. The molecular formula is C9H17N5O2S. The number of aliphatic hydroxyl groups excluding tert-OH is 1. The van der Waals surface area contributed by atoms with Crippen LogP contribution in [0.4, 0.5) is 0 Å². The smallest absolute Gasteiger partial charge is 0.230 e. The van der Waals surface area contributed by atoms with Crippen molar-refractivity contribution in [2.45, 2.75) is 25.6 Å². The fourth-order valence-corrected chi connectivity index (χ4v) is 1.95. The first-order valence-electron chi connectivity index (χ1n) is 5.37. The van der Waals surface area contributed by atoms with Gasteiger partial charge in [-0.3, -0.25) is 4.79 Å². The average molecular weight is 259 g/mol. The van der Waals surface area contributed by atoms with Gasteiger partial charge in [0, 0.05) is 6.54 Å². The third kappa shape index (κ3) is 4.70. The lowest BCUT2D eigenvalue weighted by Gasteiger charge is -2.07. The molecule has 1 amide bonds. The highest BCUT2D eigenvalue weighted by Crippen LogP contribution is 2.11. The molecule has 1 heterocycles. The van der Waals surface area contributed by atoms with Gasteiger partial charge in [-0.2, -0.15) is 0 Å². The van der Waals surface area contributed by atoms with E-state index < -0.39 is 0 Å². The van der Waals surface area contributed by atoms with Crippen LogP contribution >= 0.6 is 11.8 Å². The highest BCUT2D eigenvalue weighted by Gasteiger charge is 2.09. The van der Waals surface area contributed by atoms with Gasteiger partial charge in [-0.15, -0.1) is 16.9 Å². The molecule has 1 aromatic rings. The van der Waals surface area contributed by atoms with Crippen molar-refractivity contribution in [3.05, 3.63) is 5.82 Å². The number of carbonyl (C=O) groups excluding carboxylic acids is 1. The Bertz CT molecular complexity index is 355. The maximum Gasteiger partial charge on any atom is 0.230 e. The fraction of sp³-hybridized carbons (Fsp3) is 0.778. The van der Waals surface area contributed by atoms with E-state index in [2.05, 4.69) is 20.8 Å². The number of nitrogens with zero attached hydrogens (tertiary/aromatic N) is 4. The maximum atomic E-state index is 11.2. The minimum Gasteiger partial charge on any atom is -0.395 e. The van der Waals surface area contributed by atoms with E-state index in [0.29, 0.717) is 18.1 Å². The topological polar surface area (TPSA) is 92.9 Å². The monoisotopic (exact) mass is 259 g/mol. The van der Waals surface area contributed by atoms with Crippen molar-refractivity contribution < 1.29 is 9.90 Å². The number of amides is 1. The van der Waals surface area contributed by atoms with Crippen LogP contribution in [0.2, 0.25) is 0 Å². The molecule has 0 saturated carbocycles. The van der Waals surface area contributed by atoms with E-state index in [0.717, 1.165) is 5.82 Å². The van der Waals surface area contributed by atoms with E-state index >= 15 is 0 Å². The zero-order valence-corrected chi connectivity index (χ0v) is 10.8. The number of tetrazole rings is 1. The molecular weight excluding hydrogens is 242 g/mol. The Morgan fingerprint density at radius 2 is 2.35 bits per heavy atom. The summed E-state index contributed by atoms with van der Waals surface area (Å²) < 4.78 is 1.73. The fourth-order valence-electron chi connectivity index (χ4n) is 1.19. The molecule has 8 heteroatoms. The molecule has 7 nitrogen and oxygen atoms in total. The van der Waals surface area contributed by atoms with Gasteiger partial charge in [0.2, 0.25) is 5.91 Å². The molecule has 17 heavy (non-hydrogen) atoms. The number of nitrogens with one attached hydrogen (secondary N) is 1. The largest absolute Gasteiger partial charge is 0.395 e. The first-order valence-corrected chi connectivity index (χ1v) is 6.52. The van der Waals surface area contributed by atoms with Crippen LogP contribution in [-0.2, 0) is 10.5 Å². The SMILES string of the molecule is CC(C)n1nnnc1CSCC(=O)NCCO. The summed E-state index contributed by atoms with van der Waals surface area (Å²) >= 11 is 1.44. The van der Waals surface area contributed by atoms with E-state index in [-0.39, 0.29) is 18.6 Å². The van der Waals surface area contributed by atoms with Crippen molar-refractivity contribution in [2.24, 2.45) is 0 Å². The van der Waals surface area contributed by atoms with Crippen molar-refractivity contribution in [1.29, 1.82) is 0 Å². The Morgan fingerprint density at radius 3 is 3.00 bits per heavy atom. The van der Waals surface area contributed by atoms with E-state index in [1.54, 1.807) is 4.68 Å². The Kier molecular flexibility index (Phi) is 5.92. The number of rotatable bonds is 7. The van der Waals surface area contributed by atoms with Crippen LogP contribution in [0.5, 0.6) is 0 Å². The lowest BCUT2D eigenvalue weighted by atomic mass is 10.4. The van der Waals surface area contributed by atoms with E-state index in [1.165, 1.54) is 11.8 Å². The molecule has 0 aliphatic heterocycles. The van der Waals surface area contributed by atoms with Crippen LogP contribution in [0.25, 0.3) is 0 Å². The van der Waals surface area contributed by atoms with Crippen LogP contribution in [0, 0.1) is 0 Å². The Balaban J connectivity index is 2.30. The summed E-state index contributed by atoms with van der Waals surface area (Å²) in [5.41, 5.74) is 0. The molecule has 1 rings (SSSR count). The van der Waals surface area contributed by atoms with Gasteiger partial charge in [0.25, 0.3) is 0 Å². The second kappa shape index (κ2) is 7.23. The van der Waals surface area contributed by atoms with Crippen LogP contribution in [-0.4, -0.2) is 50.1 Å². The summed E-state index contributed by atoms with van der Waals surface area (Å²) in [5.74, 6) is 1.61. The van der Waals surface area contributed by atoms with Gasteiger partial charge in [0.05, 0.1) is 24.2 Å². The van der Waals surface area contributed by atoms with E-state index in [1.807, 2.05) is 13.8 Å². The van der Waals surface area contributed by atoms with Crippen molar-refractivity contribution in [3.8, 4) is 0 Å². The lowest BCUT2D eigenvalue weighted by molar-refractivity contribution is -0.118. The third-order valence-corrected chi connectivity index (χ3v) is 2.88. The summed E-state index contributed by atoms with van der Waals surface area (Å²) in [7, 11) is 0. The number of aliphatic hydroxyl groups is 1.